The summed E-state index contributed by atoms with van der Waals surface area (Å²) in [5, 5.41) is 7.06. The van der Waals surface area contributed by atoms with Crippen LogP contribution in [0.25, 0.3) is 10.2 Å². The lowest BCUT2D eigenvalue weighted by atomic mass is 10.3. The third-order valence-corrected chi connectivity index (χ3v) is 4.35. The molecule has 3 rings (SSSR count). The van der Waals surface area contributed by atoms with Gasteiger partial charge in [0.25, 0.3) is 0 Å². The largest absolute Gasteiger partial charge is 0.355 e. The van der Waals surface area contributed by atoms with Crippen LogP contribution < -0.4 is 5.32 Å². The fourth-order valence-electron chi connectivity index (χ4n) is 1.61. The number of anilines is 1. The normalized spacial score (nSPS) is 11.0. The summed E-state index contributed by atoms with van der Waals surface area (Å²) in [6, 6.07) is 4.63. The van der Waals surface area contributed by atoms with E-state index in [9.17, 15) is 4.39 Å². The maximum absolute atomic E-state index is 13.0. The van der Waals surface area contributed by atoms with Crippen molar-refractivity contribution in [3.63, 3.8) is 0 Å². The highest BCUT2D eigenvalue weighted by atomic mass is 32.1. The molecule has 1 aromatic carbocycles. The van der Waals surface area contributed by atoms with Crippen LogP contribution in [-0.4, -0.2) is 9.97 Å². The molecule has 2 heterocycles. The Kier molecular flexibility index (Phi) is 2.97. The van der Waals surface area contributed by atoms with Crippen LogP contribution in [0.3, 0.4) is 0 Å². The minimum absolute atomic E-state index is 0.228. The molecular formula is C12H10FN3S2. The molecule has 0 aliphatic carbocycles. The molecule has 0 atom stereocenters. The highest BCUT2D eigenvalue weighted by Crippen LogP contribution is 2.26. The number of hydrogen-bond donors (Lipinski definition) is 1. The van der Waals surface area contributed by atoms with Crippen LogP contribution in [0.1, 0.15) is 10.7 Å². The van der Waals surface area contributed by atoms with Crippen molar-refractivity contribution >= 4 is 38.0 Å². The summed E-state index contributed by atoms with van der Waals surface area (Å²) in [6.45, 7) is 2.63. The van der Waals surface area contributed by atoms with E-state index < -0.39 is 0 Å². The number of rotatable bonds is 3. The van der Waals surface area contributed by atoms with Gasteiger partial charge in [0.1, 0.15) is 10.8 Å². The number of hydrogen-bond acceptors (Lipinski definition) is 5. The predicted molar refractivity (Wildman–Crippen MR) is 73.8 cm³/mol. The Morgan fingerprint density at radius 3 is 3.00 bits per heavy atom. The van der Waals surface area contributed by atoms with Crippen LogP contribution in [0.15, 0.2) is 23.6 Å². The second-order valence-electron chi connectivity index (χ2n) is 3.87. The first-order chi connectivity index (χ1) is 8.70. The Morgan fingerprint density at radius 1 is 1.33 bits per heavy atom. The van der Waals surface area contributed by atoms with E-state index in [1.54, 1.807) is 17.4 Å². The van der Waals surface area contributed by atoms with E-state index in [-0.39, 0.29) is 5.82 Å². The summed E-state index contributed by atoms with van der Waals surface area (Å²) in [7, 11) is 0. The van der Waals surface area contributed by atoms with Gasteiger partial charge in [-0.15, -0.1) is 11.3 Å². The first kappa shape index (κ1) is 11.6. The third-order valence-electron chi connectivity index (χ3n) is 2.41. The number of aryl methyl sites for hydroxylation is 1. The maximum Gasteiger partial charge on any atom is 0.184 e. The van der Waals surface area contributed by atoms with Crippen molar-refractivity contribution in [2.75, 3.05) is 5.32 Å². The number of fused-ring (bicyclic) bond motifs is 1. The first-order valence-electron chi connectivity index (χ1n) is 5.42. The molecular weight excluding hydrogens is 269 g/mol. The van der Waals surface area contributed by atoms with Gasteiger partial charge in [0.2, 0.25) is 0 Å². The number of nitrogens with one attached hydrogen (secondary N) is 1. The molecule has 0 saturated carbocycles. The van der Waals surface area contributed by atoms with Crippen molar-refractivity contribution in [3.05, 3.63) is 40.1 Å². The van der Waals surface area contributed by atoms with Gasteiger partial charge in [0, 0.05) is 11.1 Å². The van der Waals surface area contributed by atoms with Crippen LogP contribution in [0.4, 0.5) is 9.52 Å². The minimum Gasteiger partial charge on any atom is -0.355 e. The molecule has 0 fully saturated rings. The predicted octanol–water partition coefficient (Wildman–Crippen LogP) is 3.81. The quantitative estimate of drug-likeness (QED) is 0.792. The van der Waals surface area contributed by atoms with Gasteiger partial charge >= 0.3 is 0 Å². The molecule has 3 nitrogen and oxygen atoms in total. The molecule has 0 unspecified atom stereocenters. The van der Waals surface area contributed by atoms with Gasteiger partial charge in [-0.25, -0.2) is 14.4 Å². The zero-order chi connectivity index (χ0) is 12.5. The van der Waals surface area contributed by atoms with Crippen LogP contribution in [0.5, 0.6) is 0 Å². The summed E-state index contributed by atoms with van der Waals surface area (Å²) in [6.07, 6.45) is 0. The Bertz CT molecular complexity index is 690. The van der Waals surface area contributed by atoms with Crippen molar-refractivity contribution < 1.29 is 4.39 Å². The van der Waals surface area contributed by atoms with Crippen molar-refractivity contribution in [2.24, 2.45) is 0 Å². The van der Waals surface area contributed by atoms with Crippen molar-refractivity contribution in [1.29, 1.82) is 0 Å². The smallest absolute Gasteiger partial charge is 0.184 e. The average molecular weight is 279 g/mol. The zero-order valence-electron chi connectivity index (χ0n) is 9.61. The molecule has 3 aromatic rings. The van der Waals surface area contributed by atoms with E-state index in [1.807, 2.05) is 12.3 Å². The van der Waals surface area contributed by atoms with Crippen LogP contribution >= 0.6 is 22.7 Å². The highest BCUT2D eigenvalue weighted by Gasteiger charge is 2.05. The number of benzene rings is 1. The van der Waals surface area contributed by atoms with E-state index in [2.05, 4.69) is 15.3 Å². The second-order valence-corrected chi connectivity index (χ2v) is 5.84. The van der Waals surface area contributed by atoms with Crippen LogP contribution in [0, 0.1) is 12.7 Å². The summed E-state index contributed by atoms with van der Waals surface area (Å²) >= 11 is 3.07. The standard InChI is InChI=1S/C12H10FN3S2/c1-7-6-17-11(15-7)5-14-12-16-9-3-2-8(13)4-10(9)18-12/h2-4,6H,5H2,1H3,(H,14,16). The Morgan fingerprint density at radius 2 is 2.22 bits per heavy atom. The number of halogens is 1. The monoisotopic (exact) mass is 279 g/mol. The lowest BCUT2D eigenvalue weighted by Crippen LogP contribution is -1.98. The summed E-state index contributed by atoms with van der Waals surface area (Å²) in [5.41, 5.74) is 1.85. The Labute approximate surface area is 111 Å². The van der Waals surface area contributed by atoms with Crippen LogP contribution in [0.2, 0.25) is 0 Å². The van der Waals surface area contributed by atoms with E-state index >= 15 is 0 Å². The molecule has 2 aromatic heterocycles. The molecule has 92 valence electrons. The molecule has 18 heavy (non-hydrogen) atoms. The lowest BCUT2D eigenvalue weighted by Gasteiger charge is -1.97. The van der Waals surface area contributed by atoms with Gasteiger partial charge in [0.05, 0.1) is 16.8 Å². The van der Waals surface area contributed by atoms with E-state index in [1.165, 1.54) is 23.5 Å². The average Bonchev–Trinajstić information content (AvgIpc) is 2.92. The fourth-order valence-corrected chi connectivity index (χ4v) is 3.21. The highest BCUT2D eigenvalue weighted by molar-refractivity contribution is 7.22. The Hall–Kier alpha value is -1.53. The molecule has 0 radical (unpaired) electrons. The summed E-state index contributed by atoms with van der Waals surface area (Å²) in [5.74, 6) is -0.228. The molecule has 1 N–H and O–H groups in total. The van der Waals surface area contributed by atoms with Crippen LogP contribution in [-0.2, 0) is 6.54 Å². The molecule has 0 spiro atoms. The van der Waals surface area contributed by atoms with Crippen molar-refractivity contribution in [2.45, 2.75) is 13.5 Å². The lowest BCUT2D eigenvalue weighted by molar-refractivity contribution is 0.630. The first-order valence-corrected chi connectivity index (χ1v) is 7.11. The van der Waals surface area contributed by atoms with E-state index in [4.69, 9.17) is 0 Å². The Balaban J connectivity index is 1.78. The third kappa shape index (κ3) is 2.34. The molecule has 6 heteroatoms. The van der Waals surface area contributed by atoms with Gasteiger partial charge in [0.15, 0.2) is 5.13 Å². The van der Waals surface area contributed by atoms with E-state index in [0.717, 1.165) is 26.0 Å². The fraction of sp³-hybridized carbons (Fsp3) is 0.167. The van der Waals surface area contributed by atoms with Crippen molar-refractivity contribution in [1.82, 2.24) is 9.97 Å². The topological polar surface area (TPSA) is 37.8 Å². The van der Waals surface area contributed by atoms with Crippen molar-refractivity contribution in [3.8, 4) is 0 Å². The van der Waals surface area contributed by atoms with E-state index in [0.29, 0.717) is 6.54 Å². The van der Waals surface area contributed by atoms with Gasteiger partial charge in [-0.1, -0.05) is 11.3 Å². The maximum atomic E-state index is 13.0. The molecule has 0 bridgehead atoms. The van der Waals surface area contributed by atoms with Gasteiger partial charge < -0.3 is 5.32 Å². The molecule has 0 amide bonds. The molecule has 0 aliphatic rings. The second kappa shape index (κ2) is 4.62. The SMILES string of the molecule is Cc1csc(CNc2nc3ccc(F)cc3s2)n1. The minimum atomic E-state index is -0.228. The van der Waals surface area contributed by atoms with Gasteiger partial charge in [-0.3, -0.25) is 0 Å². The van der Waals surface area contributed by atoms with Gasteiger partial charge in [-0.2, -0.15) is 0 Å². The van der Waals surface area contributed by atoms with Gasteiger partial charge in [-0.05, 0) is 25.1 Å². The molecule has 0 aliphatic heterocycles. The number of nitrogens with zero attached hydrogens (tertiary/aromatic N) is 2. The summed E-state index contributed by atoms with van der Waals surface area (Å²) in [4.78, 5) is 8.76. The zero-order valence-corrected chi connectivity index (χ0v) is 11.2. The summed E-state index contributed by atoms with van der Waals surface area (Å²) < 4.78 is 13.9. The number of thiazole rings is 2. The number of aromatic nitrogens is 2. The molecule has 0 saturated heterocycles.